The van der Waals surface area contributed by atoms with Gasteiger partial charge in [0.05, 0.1) is 17.6 Å². The molecule has 1 aromatic carbocycles. The summed E-state index contributed by atoms with van der Waals surface area (Å²) in [4.78, 5) is 21.1. The van der Waals surface area contributed by atoms with Gasteiger partial charge in [0.15, 0.2) is 0 Å². The van der Waals surface area contributed by atoms with E-state index in [2.05, 4.69) is 0 Å². The summed E-state index contributed by atoms with van der Waals surface area (Å²) in [6, 6.07) is 5.55. The van der Waals surface area contributed by atoms with Gasteiger partial charge in [0, 0.05) is 6.07 Å². The molecule has 0 aromatic heterocycles. The zero-order valence-electron chi connectivity index (χ0n) is 9.41. The summed E-state index contributed by atoms with van der Waals surface area (Å²) < 4.78 is 4.91. The molecule has 0 saturated carbocycles. The molecule has 1 rings (SSSR count). The molecule has 7 heteroatoms. The number of primary amides is 1. The van der Waals surface area contributed by atoms with Crippen molar-refractivity contribution in [3.05, 3.63) is 39.4 Å². The van der Waals surface area contributed by atoms with E-state index in [1.807, 2.05) is 0 Å². The largest absolute Gasteiger partial charge is 0.497 e. The Labute approximate surface area is 102 Å². The lowest BCUT2D eigenvalue weighted by atomic mass is 10.1. The van der Waals surface area contributed by atoms with Crippen LogP contribution in [-0.2, 0) is 4.79 Å². The third-order valence-electron chi connectivity index (χ3n) is 2.12. The van der Waals surface area contributed by atoms with Crippen LogP contribution >= 0.6 is 0 Å². The molecule has 0 atom stereocenters. The van der Waals surface area contributed by atoms with Gasteiger partial charge in [-0.25, -0.2) is 0 Å². The molecule has 0 bridgehead atoms. The van der Waals surface area contributed by atoms with Crippen molar-refractivity contribution >= 4 is 17.7 Å². The molecule has 0 aliphatic carbocycles. The van der Waals surface area contributed by atoms with Crippen molar-refractivity contribution in [1.29, 1.82) is 5.26 Å². The minimum absolute atomic E-state index is 0.0784. The molecule has 0 aliphatic rings. The van der Waals surface area contributed by atoms with E-state index in [1.54, 1.807) is 6.07 Å². The monoisotopic (exact) mass is 247 g/mol. The SMILES string of the molecule is COc1ccc([N+](=O)[O-])c(/C=C(\C#N)C(N)=O)c1. The van der Waals surface area contributed by atoms with E-state index in [9.17, 15) is 14.9 Å². The first kappa shape index (κ1) is 13.2. The van der Waals surface area contributed by atoms with Gasteiger partial charge in [-0.05, 0) is 18.2 Å². The first-order valence-electron chi connectivity index (χ1n) is 4.73. The number of hydrogen-bond acceptors (Lipinski definition) is 5. The fraction of sp³-hybridized carbons (Fsp3) is 0.0909. The number of amides is 1. The summed E-state index contributed by atoms with van der Waals surface area (Å²) in [5.41, 5.74) is 4.42. The van der Waals surface area contributed by atoms with Gasteiger partial charge in [-0.15, -0.1) is 0 Å². The molecule has 18 heavy (non-hydrogen) atoms. The molecule has 1 aromatic rings. The Morgan fingerprint density at radius 3 is 2.72 bits per heavy atom. The molecule has 0 unspecified atom stereocenters. The number of nitriles is 1. The highest BCUT2D eigenvalue weighted by atomic mass is 16.6. The Morgan fingerprint density at radius 1 is 1.61 bits per heavy atom. The van der Waals surface area contributed by atoms with Crippen LogP contribution in [0.15, 0.2) is 23.8 Å². The second-order valence-electron chi connectivity index (χ2n) is 3.22. The van der Waals surface area contributed by atoms with Gasteiger partial charge in [0.1, 0.15) is 17.4 Å². The Kier molecular flexibility index (Phi) is 3.99. The number of nitro groups is 1. The minimum Gasteiger partial charge on any atom is -0.497 e. The van der Waals surface area contributed by atoms with Crippen LogP contribution in [0.2, 0.25) is 0 Å². The first-order valence-corrected chi connectivity index (χ1v) is 4.73. The molecule has 0 heterocycles. The normalized spacial score (nSPS) is 10.6. The number of rotatable bonds is 4. The zero-order chi connectivity index (χ0) is 13.7. The molecule has 0 aliphatic heterocycles. The van der Waals surface area contributed by atoms with Crippen molar-refractivity contribution in [3.8, 4) is 11.8 Å². The van der Waals surface area contributed by atoms with E-state index in [0.29, 0.717) is 5.75 Å². The number of nitrogens with zero attached hydrogens (tertiary/aromatic N) is 2. The predicted molar refractivity (Wildman–Crippen MR) is 62.4 cm³/mol. The van der Waals surface area contributed by atoms with E-state index >= 15 is 0 Å². The minimum atomic E-state index is -0.949. The predicted octanol–water partition coefficient (Wildman–Crippen LogP) is 0.996. The van der Waals surface area contributed by atoms with Crippen molar-refractivity contribution < 1.29 is 14.5 Å². The van der Waals surface area contributed by atoms with Gasteiger partial charge >= 0.3 is 0 Å². The number of carbonyl (C=O) groups excluding carboxylic acids is 1. The van der Waals surface area contributed by atoms with E-state index < -0.39 is 10.8 Å². The van der Waals surface area contributed by atoms with Crippen molar-refractivity contribution in [2.45, 2.75) is 0 Å². The summed E-state index contributed by atoms with van der Waals surface area (Å²) in [7, 11) is 1.40. The molecule has 0 saturated heterocycles. The number of nitro benzene ring substituents is 1. The number of nitrogens with two attached hydrogens (primary N) is 1. The van der Waals surface area contributed by atoms with Crippen molar-refractivity contribution in [2.24, 2.45) is 5.73 Å². The number of carbonyl (C=O) groups is 1. The van der Waals surface area contributed by atoms with E-state index in [0.717, 1.165) is 6.08 Å². The van der Waals surface area contributed by atoms with Crippen molar-refractivity contribution in [2.75, 3.05) is 7.11 Å². The summed E-state index contributed by atoms with van der Waals surface area (Å²) >= 11 is 0. The molecule has 7 nitrogen and oxygen atoms in total. The van der Waals surface area contributed by atoms with E-state index in [-0.39, 0.29) is 16.8 Å². The molecular weight excluding hydrogens is 238 g/mol. The Hall–Kier alpha value is -2.88. The standard InChI is InChI=1S/C11H9N3O4/c1-18-9-2-3-10(14(16)17)7(5-9)4-8(6-12)11(13)15/h2-5H,1H3,(H2,13,15)/b8-4+. The maximum absolute atomic E-state index is 10.9. The molecular formula is C11H9N3O4. The lowest BCUT2D eigenvalue weighted by molar-refractivity contribution is -0.385. The Bertz CT molecular complexity index is 572. The molecule has 1 amide bonds. The first-order chi connectivity index (χ1) is 8.49. The zero-order valence-corrected chi connectivity index (χ0v) is 9.41. The highest BCUT2D eigenvalue weighted by Crippen LogP contribution is 2.26. The highest BCUT2D eigenvalue weighted by Gasteiger charge is 2.15. The van der Waals surface area contributed by atoms with E-state index in [4.69, 9.17) is 15.7 Å². The van der Waals surface area contributed by atoms with Gasteiger partial charge in [-0.2, -0.15) is 5.26 Å². The van der Waals surface area contributed by atoms with Crippen LogP contribution in [0, 0.1) is 21.4 Å². The molecule has 0 fully saturated rings. The average Bonchev–Trinajstić information content (AvgIpc) is 2.34. The number of hydrogen-bond donors (Lipinski definition) is 1. The highest BCUT2D eigenvalue weighted by molar-refractivity contribution is 6.01. The lowest BCUT2D eigenvalue weighted by Gasteiger charge is -2.02. The van der Waals surface area contributed by atoms with Crippen molar-refractivity contribution in [1.82, 2.24) is 0 Å². The van der Waals surface area contributed by atoms with Crippen LogP contribution in [-0.4, -0.2) is 17.9 Å². The summed E-state index contributed by atoms with van der Waals surface area (Å²) in [6.07, 6.45) is 1.06. The summed E-state index contributed by atoms with van der Waals surface area (Å²) in [5, 5.41) is 19.5. The Morgan fingerprint density at radius 2 is 2.28 bits per heavy atom. The maximum Gasteiger partial charge on any atom is 0.276 e. The van der Waals surface area contributed by atoms with Gasteiger partial charge in [0.25, 0.3) is 11.6 Å². The van der Waals surface area contributed by atoms with Crippen LogP contribution in [0.1, 0.15) is 5.56 Å². The topological polar surface area (TPSA) is 119 Å². The van der Waals surface area contributed by atoms with E-state index in [1.165, 1.54) is 25.3 Å². The fourth-order valence-electron chi connectivity index (χ4n) is 1.26. The smallest absolute Gasteiger partial charge is 0.276 e. The Balaban J connectivity index is 3.41. The third-order valence-corrected chi connectivity index (χ3v) is 2.12. The van der Waals surface area contributed by atoms with Crippen LogP contribution in [0.3, 0.4) is 0 Å². The third kappa shape index (κ3) is 2.82. The average molecular weight is 247 g/mol. The van der Waals surface area contributed by atoms with Gasteiger partial charge in [-0.1, -0.05) is 0 Å². The number of benzene rings is 1. The molecule has 2 N–H and O–H groups in total. The fourth-order valence-corrected chi connectivity index (χ4v) is 1.26. The second-order valence-corrected chi connectivity index (χ2v) is 3.22. The molecule has 92 valence electrons. The van der Waals surface area contributed by atoms with Gasteiger partial charge in [0.2, 0.25) is 0 Å². The number of methoxy groups -OCH3 is 1. The van der Waals surface area contributed by atoms with Crippen LogP contribution < -0.4 is 10.5 Å². The van der Waals surface area contributed by atoms with Crippen LogP contribution in [0.4, 0.5) is 5.69 Å². The van der Waals surface area contributed by atoms with Gasteiger partial charge < -0.3 is 10.5 Å². The second kappa shape index (κ2) is 5.45. The molecule has 0 spiro atoms. The van der Waals surface area contributed by atoms with Gasteiger partial charge in [-0.3, -0.25) is 14.9 Å². The summed E-state index contributed by atoms with van der Waals surface area (Å²) in [5.74, 6) is -0.580. The number of ether oxygens (including phenoxy) is 1. The van der Waals surface area contributed by atoms with Crippen LogP contribution in [0.5, 0.6) is 5.75 Å². The molecule has 0 radical (unpaired) electrons. The quantitative estimate of drug-likeness (QED) is 0.368. The summed E-state index contributed by atoms with van der Waals surface area (Å²) in [6.45, 7) is 0. The maximum atomic E-state index is 10.9. The van der Waals surface area contributed by atoms with Crippen molar-refractivity contribution in [3.63, 3.8) is 0 Å². The lowest BCUT2D eigenvalue weighted by Crippen LogP contribution is -2.12. The van der Waals surface area contributed by atoms with Crippen LogP contribution in [0.25, 0.3) is 6.08 Å².